The number of hydrogen-bond acceptors (Lipinski definition) is 7. The number of rotatable bonds is 4. The van der Waals surface area contributed by atoms with Crippen molar-refractivity contribution in [2.24, 2.45) is 16.7 Å². The molecule has 0 aromatic heterocycles. The van der Waals surface area contributed by atoms with Gasteiger partial charge in [0.15, 0.2) is 5.41 Å². The van der Waals surface area contributed by atoms with Crippen LogP contribution in [-0.4, -0.2) is 22.6 Å². The molecule has 0 radical (unpaired) electrons. The normalized spacial score (nSPS) is 25.4. The maximum Gasteiger partial charge on any atom is 0.269 e. The topological polar surface area (TPSA) is 148 Å². The van der Waals surface area contributed by atoms with E-state index in [0.717, 1.165) is 10.5 Å². The second kappa shape index (κ2) is 8.82. The van der Waals surface area contributed by atoms with E-state index in [1.54, 1.807) is 56.3 Å². The van der Waals surface area contributed by atoms with Crippen molar-refractivity contribution in [3.63, 3.8) is 0 Å². The van der Waals surface area contributed by atoms with E-state index in [1.165, 1.54) is 30.0 Å². The van der Waals surface area contributed by atoms with Crippen LogP contribution in [0.1, 0.15) is 35.6 Å². The molecule has 1 saturated heterocycles. The number of nitro benzene ring substituents is 1. The van der Waals surface area contributed by atoms with Crippen LogP contribution < -0.4 is 9.80 Å². The second-order valence-corrected chi connectivity index (χ2v) is 11.4. The predicted molar refractivity (Wildman–Crippen MR) is 151 cm³/mol. The molecule has 10 nitrogen and oxygen atoms in total. The number of anilines is 2. The molecule has 3 amide bonds. The maximum absolute atomic E-state index is 15.0. The molecule has 1 saturated carbocycles. The summed E-state index contributed by atoms with van der Waals surface area (Å²) < 4.78 is 0. The zero-order chi connectivity index (χ0) is 30.2. The molecule has 0 bridgehead atoms. The number of carbonyl (C=O) groups excluding carboxylic acids is 3. The number of nitriles is 2. The fourth-order valence-corrected chi connectivity index (χ4v) is 7.59. The first-order valence-corrected chi connectivity index (χ1v) is 13.4. The molecule has 0 N–H and O–H groups in total. The molecule has 2 aliphatic heterocycles. The van der Waals surface area contributed by atoms with Gasteiger partial charge in [-0.15, -0.1) is 0 Å². The fraction of sp³-hybridized carbons (Fsp3) is 0.281. The molecule has 1 spiro atoms. The first-order chi connectivity index (χ1) is 20.0. The summed E-state index contributed by atoms with van der Waals surface area (Å²) in [6.07, 6.45) is -0.379. The summed E-state index contributed by atoms with van der Waals surface area (Å²) in [6.45, 7) is 5.03. The van der Waals surface area contributed by atoms with Gasteiger partial charge in [0, 0.05) is 23.4 Å². The van der Waals surface area contributed by atoms with Gasteiger partial charge in [0.05, 0.1) is 40.6 Å². The van der Waals surface area contributed by atoms with Crippen molar-refractivity contribution in [1.82, 2.24) is 0 Å². The Balaban J connectivity index is 1.67. The lowest BCUT2D eigenvalue weighted by Crippen LogP contribution is -2.60. The molecule has 3 aliphatic rings. The Labute approximate surface area is 241 Å². The summed E-state index contributed by atoms with van der Waals surface area (Å²) in [7, 11) is 0. The smallest absolute Gasteiger partial charge is 0.269 e. The van der Waals surface area contributed by atoms with E-state index >= 15 is 0 Å². The number of carbonyl (C=O) groups is 3. The highest BCUT2D eigenvalue weighted by atomic mass is 16.6. The number of aryl methyl sites for hydroxylation is 2. The van der Waals surface area contributed by atoms with E-state index in [2.05, 4.69) is 0 Å². The van der Waals surface area contributed by atoms with Crippen molar-refractivity contribution in [3.05, 3.63) is 99.1 Å². The van der Waals surface area contributed by atoms with Gasteiger partial charge in [-0.05, 0) is 49.9 Å². The van der Waals surface area contributed by atoms with Crippen LogP contribution in [0.4, 0.5) is 17.1 Å². The number of imide groups is 1. The van der Waals surface area contributed by atoms with E-state index in [1.807, 2.05) is 18.2 Å². The van der Waals surface area contributed by atoms with Gasteiger partial charge in [-0.1, -0.05) is 48.5 Å². The molecule has 1 unspecified atom stereocenters. The van der Waals surface area contributed by atoms with Gasteiger partial charge in [0.25, 0.3) is 5.69 Å². The molecule has 3 atom stereocenters. The molecule has 42 heavy (non-hydrogen) atoms. The molecule has 6 rings (SSSR count). The Hall–Kier alpha value is -5.35. The summed E-state index contributed by atoms with van der Waals surface area (Å²) in [4.78, 5) is 57.6. The third-order valence-corrected chi connectivity index (χ3v) is 9.47. The first-order valence-electron chi connectivity index (χ1n) is 13.4. The largest absolute Gasteiger partial charge is 0.307 e. The molecule has 10 heteroatoms. The van der Waals surface area contributed by atoms with Crippen molar-refractivity contribution in [2.45, 2.75) is 39.2 Å². The molecule has 2 heterocycles. The third kappa shape index (κ3) is 2.98. The number of benzene rings is 3. The van der Waals surface area contributed by atoms with Crippen molar-refractivity contribution in [2.75, 3.05) is 9.80 Å². The standard InChI is InChI=1S/C32H25N5O5/c1-19-8-7-9-20(2)26(19)36-27(38)24-15-31(17-33,18-34)32(30(24,3)28(36)39)23-14-22(37(41)42)12-13-25(23)35(29(32)40)16-21-10-5-4-6-11-21/h4-14,24H,15-16H2,1-3H3/t24?,30-,32+/m0/s1. The maximum atomic E-state index is 15.0. The summed E-state index contributed by atoms with van der Waals surface area (Å²) in [5, 5.41) is 33.2. The lowest BCUT2D eigenvalue weighted by Gasteiger charge is -2.42. The molecule has 1 aliphatic carbocycles. The van der Waals surface area contributed by atoms with Crippen LogP contribution in [-0.2, 0) is 26.3 Å². The SMILES string of the molecule is Cc1cccc(C)c1N1C(=O)C2CC(C#N)(C#N)[C@]3(C(=O)N(Cc4ccccc4)c4ccc([N+](=O)[O-])cc43)[C@]2(C)C1=O. The number of hydrogen-bond donors (Lipinski definition) is 0. The number of nitro groups is 1. The Bertz CT molecular complexity index is 1790. The Kier molecular flexibility index (Phi) is 5.64. The highest BCUT2D eigenvalue weighted by Crippen LogP contribution is 2.73. The van der Waals surface area contributed by atoms with E-state index in [-0.39, 0.29) is 29.9 Å². The Morgan fingerprint density at radius 3 is 2.19 bits per heavy atom. The van der Waals surface area contributed by atoms with Crippen molar-refractivity contribution in [1.29, 1.82) is 10.5 Å². The number of para-hydroxylation sites is 1. The first kappa shape index (κ1) is 26.9. The lowest BCUT2D eigenvalue weighted by molar-refractivity contribution is -0.384. The van der Waals surface area contributed by atoms with Crippen LogP contribution >= 0.6 is 0 Å². The summed E-state index contributed by atoms with van der Waals surface area (Å²) >= 11 is 0. The van der Waals surface area contributed by atoms with Crippen LogP contribution in [0.2, 0.25) is 0 Å². The summed E-state index contributed by atoms with van der Waals surface area (Å²) in [6, 6.07) is 22.3. The second-order valence-electron chi connectivity index (χ2n) is 11.4. The number of fused-ring (bicyclic) bond motifs is 4. The van der Waals surface area contributed by atoms with Gasteiger partial charge in [-0.2, -0.15) is 10.5 Å². The van der Waals surface area contributed by atoms with Gasteiger partial charge in [0.1, 0.15) is 5.41 Å². The third-order valence-electron chi connectivity index (χ3n) is 9.47. The van der Waals surface area contributed by atoms with E-state index in [4.69, 9.17) is 0 Å². The van der Waals surface area contributed by atoms with E-state index in [0.29, 0.717) is 16.8 Å². The van der Waals surface area contributed by atoms with Gasteiger partial charge in [-0.3, -0.25) is 24.5 Å². The number of amides is 3. The highest BCUT2D eigenvalue weighted by molar-refractivity contribution is 6.28. The van der Waals surface area contributed by atoms with Crippen LogP contribution in [0, 0.1) is 63.4 Å². The average Bonchev–Trinajstić information content (AvgIpc) is 3.45. The van der Waals surface area contributed by atoms with Crippen LogP contribution in [0.5, 0.6) is 0 Å². The fourth-order valence-electron chi connectivity index (χ4n) is 7.59. The Morgan fingerprint density at radius 2 is 1.60 bits per heavy atom. The van der Waals surface area contributed by atoms with Gasteiger partial charge in [0.2, 0.25) is 17.7 Å². The van der Waals surface area contributed by atoms with Gasteiger partial charge < -0.3 is 4.90 Å². The van der Waals surface area contributed by atoms with Crippen molar-refractivity contribution in [3.8, 4) is 12.1 Å². The molecular formula is C32H25N5O5. The van der Waals surface area contributed by atoms with Crippen LogP contribution in [0.3, 0.4) is 0 Å². The van der Waals surface area contributed by atoms with Gasteiger partial charge >= 0.3 is 0 Å². The van der Waals surface area contributed by atoms with Gasteiger partial charge in [-0.25, -0.2) is 4.90 Å². The van der Waals surface area contributed by atoms with E-state index in [9.17, 15) is 35.0 Å². The zero-order valence-corrected chi connectivity index (χ0v) is 23.1. The zero-order valence-electron chi connectivity index (χ0n) is 23.1. The van der Waals surface area contributed by atoms with Crippen molar-refractivity contribution < 1.29 is 19.3 Å². The molecular weight excluding hydrogens is 534 g/mol. The lowest BCUT2D eigenvalue weighted by atomic mass is 9.53. The minimum Gasteiger partial charge on any atom is -0.307 e. The van der Waals surface area contributed by atoms with Crippen molar-refractivity contribution >= 4 is 34.8 Å². The molecule has 2 fully saturated rings. The highest BCUT2D eigenvalue weighted by Gasteiger charge is 2.85. The molecule has 3 aromatic rings. The van der Waals surface area contributed by atoms with Crippen LogP contribution in [0.25, 0.3) is 0 Å². The number of non-ortho nitro benzene ring substituents is 1. The number of nitrogens with zero attached hydrogens (tertiary/aromatic N) is 5. The average molecular weight is 560 g/mol. The monoisotopic (exact) mass is 559 g/mol. The predicted octanol–water partition coefficient (Wildman–Crippen LogP) is 4.63. The molecule has 3 aromatic carbocycles. The molecule has 208 valence electrons. The Morgan fingerprint density at radius 1 is 0.952 bits per heavy atom. The summed E-state index contributed by atoms with van der Waals surface area (Å²) in [5.41, 5.74) is -3.84. The van der Waals surface area contributed by atoms with Crippen LogP contribution in [0.15, 0.2) is 66.7 Å². The minimum atomic E-state index is -2.19. The quantitative estimate of drug-likeness (QED) is 0.257. The summed E-state index contributed by atoms with van der Waals surface area (Å²) in [5.74, 6) is -3.22. The van der Waals surface area contributed by atoms with E-state index < -0.39 is 44.8 Å². The minimum absolute atomic E-state index is 0.0304.